The molecule has 3 heterocycles. The van der Waals surface area contributed by atoms with Gasteiger partial charge in [0.2, 0.25) is 5.36 Å². The number of benzene rings is 2. The highest BCUT2D eigenvalue weighted by Crippen LogP contribution is 2.48. The van der Waals surface area contributed by atoms with Gasteiger partial charge in [-0.15, -0.1) is 0 Å². The van der Waals surface area contributed by atoms with Crippen molar-refractivity contribution < 1.29 is 14.3 Å². The Morgan fingerprint density at radius 1 is 1.19 bits per heavy atom. The Bertz CT molecular complexity index is 1300. The molecule has 2 aromatic rings. The van der Waals surface area contributed by atoms with E-state index in [2.05, 4.69) is 61.4 Å². The highest BCUT2D eigenvalue weighted by Gasteiger charge is 2.37. The van der Waals surface area contributed by atoms with Crippen molar-refractivity contribution in [3.8, 4) is 11.5 Å². The monoisotopic (exact) mass is 490 g/mol. The van der Waals surface area contributed by atoms with Gasteiger partial charge in [0.25, 0.3) is 0 Å². The van der Waals surface area contributed by atoms with E-state index in [9.17, 15) is 4.79 Å². The molecule has 0 aromatic heterocycles. The van der Waals surface area contributed by atoms with E-state index >= 15 is 0 Å². The first-order valence-corrected chi connectivity index (χ1v) is 13.7. The normalized spacial score (nSPS) is 19.3. The van der Waals surface area contributed by atoms with Crippen LogP contribution in [0.5, 0.6) is 11.5 Å². The standard InChI is InChI=1S/C30H40N3O3/c1-6-32-13-10-11-21-15-23-27(17-25(21)32)36-28-18-26-22(16-24(28)31-23)20(3)19-30(4,5)33(26)14-9-8-12-29(34)35-7-2/h15-18,20H,6-14,19H2,1-5H3/q+1. The minimum Gasteiger partial charge on any atom is -0.466 e. The second-order valence-electron chi connectivity index (χ2n) is 11.1. The van der Waals surface area contributed by atoms with E-state index in [1.165, 1.54) is 28.6 Å². The molecule has 0 aliphatic carbocycles. The predicted molar refractivity (Wildman–Crippen MR) is 143 cm³/mol. The van der Waals surface area contributed by atoms with Crippen molar-refractivity contribution in [3.05, 3.63) is 46.1 Å². The van der Waals surface area contributed by atoms with E-state index in [0.29, 0.717) is 18.9 Å². The molecule has 3 aliphatic heterocycles. The van der Waals surface area contributed by atoms with Crippen molar-refractivity contribution in [2.45, 2.75) is 84.6 Å². The van der Waals surface area contributed by atoms with Crippen LogP contribution in [-0.4, -0.2) is 37.7 Å². The van der Waals surface area contributed by atoms with Crippen LogP contribution in [0.1, 0.15) is 83.8 Å². The average Bonchev–Trinajstić information content (AvgIpc) is 2.84. The van der Waals surface area contributed by atoms with Gasteiger partial charge in [-0.25, -0.2) is 9.57 Å². The lowest BCUT2D eigenvalue weighted by molar-refractivity contribution is -0.143. The zero-order chi connectivity index (χ0) is 25.4. The molecule has 2 aromatic carbocycles. The quantitative estimate of drug-likeness (QED) is 0.265. The predicted octanol–water partition coefficient (Wildman–Crippen LogP) is 5.03. The van der Waals surface area contributed by atoms with Crippen molar-refractivity contribution in [2.24, 2.45) is 4.99 Å². The number of rotatable bonds is 7. The third-order valence-electron chi connectivity index (χ3n) is 8.00. The summed E-state index contributed by atoms with van der Waals surface area (Å²) < 4.78 is 14.1. The van der Waals surface area contributed by atoms with Crippen LogP contribution in [-0.2, 0) is 16.0 Å². The van der Waals surface area contributed by atoms with Crippen LogP contribution in [0.4, 0.5) is 11.4 Å². The molecule has 36 heavy (non-hydrogen) atoms. The summed E-state index contributed by atoms with van der Waals surface area (Å²) in [6.07, 6.45) is 5.62. The Morgan fingerprint density at radius 2 is 2.03 bits per heavy atom. The summed E-state index contributed by atoms with van der Waals surface area (Å²) in [4.78, 5) is 19.4. The molecular weight excluding hydrogens is 450 g/mol. The van der Waals surface area contributed by atoms with E-state index in [-0.39, 0.29) is 11.5 Å². The zero-order valence-electron chi connectivity index (χ0n) is 22.5. The number of unbranched alkanes of at least 4 members (excludes halogenated alkanes) is 1. The summed E-state index contributed by atoms with van der Waals surface area (Å²) in [7, 11) is 0. The van der Waals surface area contributed by atoms with Gasteiger partial charge in [-0.2, -0.15) is 0 Å². The average molecular weight is 491 g/mol. The summed E-state index contributed by atoms with van der Waals surface area (Å²) in [6, 6.07) is 8.88. The van der Waals surface area contributed by atoms with E-state index in [1.807, 2.05) is 6.92 Å². The molecule has 6 nitrogen and oxygen atoms in total. The first-order chi connectivity index (χ1) is 17.3. The van der Waals surface area contributed by atoms with Gasteiger partial charge < -0.3 is 14.4 Å². The lowest BCUT2D eigenvalue weighted by Crippen LogP contribution is -2.48. The third kappa shape index (κ3) is 4.62. The van der Waals surface area contributed by atoms with Crippen molar-refractivity contribution in [2.75, 3.05) is 31.1 Å². The molecule has 0 radical (unpaired) electrons. The molecule has 3 aliphatic rings. The molecule has 0 saturated heterocycles. The van der Waals surface area contributed by atoms with Gasteiger partial charge >= 0.3 is 5.97 Å². The van der Waals surface area contributed by atoms with Crippen molar-refractivity contribution in [1.82, 2.24) is 4.58 Å². The van der Waals surface area contributed by atoms with Crippen LogP contribution in [0.2, 0.25) is 0 Å². The number of ether oxygens (including phenoxy) is 2. The highest BCUT2D eigenvalue weighted by molar-refractivity contribution is 5.71. The largest absolute Gasteiger partial charge is 0.466 e. The van der Waals surface area contributed by atoms with Crippen LogP contribution in [0, 0.1) is 0 Å². The SMILES string of the molecule is CCOC(=O)CCCCN1c2cc3c(cc2C(C)CC1(C)C)N=c1cc2c(cc1O3)=[N+](CC)CCC2. The number of hydrogen-bond acceptors (Lipinski definition) is 5. The second-order valence-corrected chi connectivity index (χ2v) is 11.1. The summed E-state index contributed by atoms with van der Waals surface area (Å²) in [5.74, 6) is 2.03. The molecule has 5 rings (SSSR count). The molecule has 0 N–H and O–H groups in total. The van der Waals surface area contributed by atoms with Gasteiger partial charge in [0.1, 0.15) is 24.1 Å². The fourth-order valence-corrected chi connectivity index (χ4v) is 6.28. The molecule has 1 unspecified atom stereocenters. The molecule has 0 bridgehead atoms. The summed E-state index contributed by atoms with van der Waals surface area (Å²) >= 11 is 0. The Balaban J connectivity index is 1.48. The lowest BCUT2D eigenvalue weighted by atomic mass is 9.79. The second kappa shape index (κ2) is 9.87. The van der Waals surface area contributed by atoms with E-state index in [4.69, 9.17) is 14.5 Å². The minimum absolute atomic E-state index is 0.0228. The fraction of sp³-hybridized carbons (Fsp3) is 0.567. The number of hydrogen-bond donors (Lipinski definition) is 0. The van der Waals surface area contributed by atoms with E-state index < -0.39 is 0 Å². The maximum Gasteiger partial charge on any atom is 0.305 e. The summed E-state index contributed by atoms with van der Waals surface area (Å²) in [5, 5.41) is 2.23. The molecule has 6 heteroatoms. The number of fused-ring (bicyclic) bond motifs is 4. The Kier molecular flexibility index (Phi) is 6.80. The van der Waals surface area contributed by atoms with Crippen molar-refractivity contribution in [3.63, 3.8) is 0 Å². The van der Waals surface area contributed by atoms with Crippen LogP contribution >= 0.6 is 0 Å². The topological polar surface area (TPSA) is 54.1 Å². The maximum atomic E-state index is 11.8. The maximum absolute atomic E-state index is 11.8. The number of aryl methyl sites for hydroxylation is 1. The van der Waals surface area contributed by atoms with Gasteiger partial charge in [-0.3, -0.25) is 4.79 Å². The fourth-order valence-electron chi connectivity index (χ4n) is 6.28. The van der Waals surface area contributed by atoms with Crippen LogP contribution in [0.15, 0.2) is 29.3 Å². The molecule has 0 fully saturated rings. The minimum atomic E-state index is -0.101. The summed E-state index contributed by atoms with van der Waals surface area (Å²) in [5.41, 5.74) is 4.90. The van der Waals surface area contributed by atoms with E-state index in [0.717, 1.165) is 67.9 Å². The number of esters is 1. The first-order valence-electron chi connectivity index (χ1n) is 13.7. The molecular formula is C30H40N3O3+. The van der Waals surface area contributed by atoms with Gasteiger partial charge in [0.05, 0.1) is 12.7 Å². The number of anilines is 1. The van der Waals surface area contributed by atoms with Crippen LogP contribution in [0.25, 0.3) is 0 Å². The Hall–Kier alpha value is -2.89. The molecule has 0 spiro atoms. The molecule has 192 valence electrons. The summed E-state index contributed by atoms with van der Waals surface area (Å²) in [6.45, 7) is 14.5. The third-order valence-corrected chi connectivity index (χ3v) is 8.00. The highest BCUT2D eigenvalue weighted by atomic mass is 16.5. The van der Waals surface area contributed by atoms with Gasteiger partial charge in [-0.1, -0.05) is 6.92 Å². The van der Waals surface area contributed by atoms with Crippen LogP contribution in [0.3, 0.4) is 0 Å². The number of nitrogens with zero attached hydrogens (tertiary/aromatic N) is 3. The van der Waals surface area contributed by atoms with Gasteiger partial charge in [-0.05, 0) is 77.0 Å². The number of carbonyl (C=O) groups excluding carboxylic acids is 1. The van der Waals surface area contributed by atoms with Gasteiger partial charge in [0, 0.05) is 42.2 Å². The van der Waals surface area contributed by atoms with Crippen molar-refractivity contribution >= 4 is 17.3 Å². The molecule has 0 saturated carbocycles. The van der Waals surface area contributed by atoms with E-state index in [1.54, 1.807) is 0 Å². The Labute approximate surface area is 214 Å². The smallest absolute Gasteiger partial charge is 0.305 e. The van der Waals surface area contributed by atoms with Crippen molar-refractivity contribution in [1.29, 1.82) is 0 Å². The molecule has 1 atom stereocenters. The Morgan fingerprint density at radius 3 is 2.81 bits per heavy atom. The lowest BCUT2D eigenvalue weighted by Gasteiger charge is -2.48. The molecule has 0 amide bonds. The van der Waals surface area contributed by atoms with Crippen LogP contribution < -0.4 is 24.9 Å². The van der Waals surface area contributed by atoms with Gasteiger partial charge in [0.15, 0.2) is 11.5 Å². The number of carbonyl (C=O) groups is 1. The first kappa shape index (κ1) is 24.8. The zero-order valence-corrected chi connectivity index (χ0v) is 22.5.